The maximum absolute atomic E-state index is 12.4. The van der Waals surface area contributed by atoms with Crippen LogP contribution in [0.1, 0.15) is 11.6 Å². The number of nitrogens with one attached hydrogen (secondary N) is 1. The molecule has 0 bridgehead atoms. The lowest BCUT2D eigenvalue weighted by molar-refractivity contribution is 0.259. The van der Waals surface area contributed by atoms with Crippen molar-refractivity contribution in [2.45, 2.75) is 10.9 Å². The van der Waals surface area contributed by atoms with Crippen LogP contribution in [0.4, 0.5) is 0 Å². The molecule has 0 saturated carbocycles. The Bertz CT molecular complexity index is 720. The van der Waals surface area contributed by atoms with Crippen LogP contribution in [0.5, 0.6) is 0 Å². The van der Waals surface area contributed by atoms with Crippen molar-refractivity contribution in [3.63, 3.8) is 0 Å². The van der Waals surface area contributed by atoms with Crippen molar-refractivity contribution in [2.75, 3.05) is 6.61 Å². The fourth-order valence-electron chi connectivity index (χ4n) is 1.83. The van der Waals surface area contributed by atoms with Gasteiger partial charge >= 0.3 is 0 Å². The van der Waals surface area contributed by atoms with Crippen LogP contribution in [0.15, 0.2) is 53.4 Å². The van der Waals surface area contributed by atoms with Gasteiger partial charge in [-0.05, 0) is 23.8 Å². The first-order valence-electron chi connectivity index (χ1n) is 6.07. The minimum Gasteiger partial charge on any atom is -0.394 e. The zero-order valence-corrected chi connectivity index (χ0v) is 13.2. The first-order chi connectivity index (χ1) is 9.94. The van der Waals surface area contributed by atoms with Crippen LogP contribution in [0.3, 0.4) is 0 Å². The van der Waals surface area contributed by atoms with Crippen molar-refractivity contribution in [3.8, 4) is 0 Å². The Hall–Kier alpha value is -1.11. The SMILES string of the molecule is O=S(=O)(N[C@H](CO)c1ccccc1)c1cc(Cl)ccc1Cl. The van der Waals surface area contributed by atoms with Gasteiger partial charge in [-0.3, -0.25) is 0 Å². The summed E-state index contributed by atoms with van der Waals surface area (Å²) >= 11 is 11.7. The fourth-order valence-corrected chi connectivity index (χ4v) is 3.81. The van der Waals surface area contributed by atoms with E-state index < -0.39 is 16.1 Å². The zero-order chi connectivity index (χ0) is 15.5. The first-order valence-corrected chi connectivity index (χ1v) is 8.31. The summed E-state index contributed by atoms with van der Waals surface area (Å²) in [6.07, 6.45) is 0. The summed E-state index contributed by atoms with van der Waals surface area (Å²) < 4.78 is 27.2. The van der Waals surface area contributed by atoms with E-state index in [9.17, 15) is 13.5 Å². The van der Waals surface area contributed by atoms with Crippen LogP contribution in [-0.2, 0) is 10.0 Å². The molecule has 4 nitrogen and oxygen atoms in total. The van der Waals surface area contributed by atoms with E-state index >= 15 is 0 Å². The van der Waals surface area contributed by atoms with Crippen molar-refractivity contribution in [1.82, 2.24) is 4.72 Å². The Kier molecular flexibility index (Phi) is 5.24. The zero-order valence-electron chi connectivity index (χ0n) is 10.8. The molecule has 0 aliphatic rings. The van der Waals surface area contributed by atoms with E-state index in [2.05, 4.69) is 4.72 Å². The topological polar surface area (TPSA) is 66.4 Å². The molecule has 112 valence electrons. The Morgan fingerprint density at radius 1 is 1.10 bits per heavy atom. The Morgan fingerprint density at radius 2 is 1.76 bits per heavy atom. The highest BCUT2D eigenvalue weighted by atomic mass is 35.5. The monoisotopic (exact) mass is 345 g/mol. The summed E-state index contributed by atoms with van der Waals surface area (Å²) in [5, 5.41) is 9.76. The standard InChI is InChI=1S/C14H13Cl2NO3S/c15-11-6-7-12(16)14(8-11)21(19,20)17-13(9-18)10-4-2-1-3-5-10/h1-8,13,17-18H,9H2/t13-/m1/s1. The number of hydrogen-bond acceptors (Lipinski definition) is 3. The summed E-state index contributed by atoms with van der Waals surface area (Å²) in [6, 6.07) is 12.2. The van der Waals surface area contributed by atoms with E-state index in [-0.39, 0.29) is 21.5 Å². The van der Waals surface area contributed by atoms with Crippen molar-refractivity contribution in [2.24, 2.45) is 0 Å². The molecule has 0 aromatic heterocycles. The third kappa shape index (κ3) is 3.96. The van der Waals surface area contributed by atoms with Crippen molar-refractivity contribution in [1.29, 1.82) is 0 Å². The lowest BCUT2D eigenvalue weighted by atomic mass is 10.1. The summed E-state index contributed by atoms with van der Waals surface area (Å²) in [4.78, 5) is -0.119. The first kappa shape index (κ1) is 16.3. The smallest absolute Gasteiger partial charge is 0.242 e. The van der Waals surface area contributed by atoms with Gasteiger partial charge in [0.25, 0.3) is 0 Å². The molecule has 2 aromatic rings. The van der Waals surface area contributed by atoms with E-state index in [4.69, 9.17) is 23.2 Å². The molecule has 2 N–H and O–H groups in total. The van der Waals surface area contributed by atoms with Crippen LogP contribution < -0.4 is 4.72 Å². The molecule has 0 unspecified atom stereocenters. The number of sulfonamides is 1. The van der Waals surface area contributed by atoms with E-state index in [1.807, 2.05) is 0 Å². The summed E-state index contributed by atoms with van der Waals surface area (Å²) in [6.45, 7) is -0.374. The number of rotatable bonds is 5. The van der Waals surface area contributed by atoms with Crippen molar-refractivity contribution < 1.29 is 13.5 Å². The highest BCUT2D eigenvalue weighted by Crippen LogP contribution is 2.26. The van der Waals surface area contributed by atoms with Gasteiger partial charge in [-0.1, -0.05) is 53.5 Å². The molecule has 0 amide bonds. The molecule has 0 radical (unpaired) electrons. The average molecular weight is 346 g/mol. The Labute approximate surface area is 133 Å². The second kappa shape index (κ2) is 6.77. The van der Waals surface area contributed by atoms with Gasteiger partial charge in [-0.25, -0.2) is 13.1 Å². The van der Waals surface area contributed by atoms with E-state index in [1.54, 1.807) is 30.3 Å². The molecule has 21 heavy (non-hydrogen) atoms. The summed E-state index contributed by atoms with van der Waals surface area (Å²) in [5.74, 6) is 0. The molecule has 0 aliphatic heterocycles. The molecule has 7 heteroatoms. The minimum absolute atomic E-state index is 0.0663. The van der Waals surface area contributed by atoms with Gasteiger partial charge in [0.15, 0.2) is 0 Å². The quantitative estimate of drug-likeness (QED) is 0.875. The summed E-state index contributed by atoms with van der Waals surface area (Å²) in [7, 11) is -3.90. The second-order valence-corrected chi connectivity index (χ2v) is 6.87. The third-order valence-electron chi connectivity index (χ3n) is 2.86. The molecule has 0 saturated heterocycles. The predicted molar refractivity (Wildman–Crippen MR) is 83.1 cm³/mol. The number of benzene rings is 2. The van der Waals surface area contributed by atoms with Gasteiger partial charge in [0.2, 0.25) is 10.0 Å². The Morgan fingerprint density at radius 3 is 2.38 bits per heavy atom. The van der Waals surface area contributed by atoms with Crippen molar-refractivity contribution >= 4 is 33.2 Å². The molecule has 2 aromatic carbocycles. The molecule has 2 rings (SSSR count). The lowest BCUT2D eigenvalue weighted by Crippen LogP contribution is -2.31. The highest BCUT2D eigenvalue weighted by molar-refractivity contribution is 7.89. The number of aliphatic hydroxyl groups is 1. The van der Waals surface area contributed by atoms with Crippen molar-refractivity contribution in [3.05, 3.63) is 64.1 Å². The van der Waals surface area contributed by atoms with E-state index in [0.29, 0.717) is 5.56 Å². The molecular formula is C14H13Cl2NO3S. The van der Waals surface area contributed by atoms with Gasteiger partial charge in [-0.15, -0.1) is 0 Å². The predicted octanol–water partition coefficient (Wildman–Crippen LogP) is 3.01. The van der Waals surface area contributed by atoms with Gasteiger partial charge in [0, 0.05) is 5.02 Å². The molecule has 0 fully saturated rings. The Balaban J connectivity index is 2.34. The highest BCUT2D eigenvalue weighted by Gasteiger charge is 2.23. The fraction of sp³-hybridized carbons (Fsp3) is 0.143. The molecule has 0 heterocycles. The lowest BCUT2D eigenvalue weighted by Gasteiger charge is -2.17. The number of halogens is 2. The number of hydrogen-bond donors (Lipinski definition) is 2. The van der Waals surface area contributed by atoms with Crippen LogP contribution >= 0.6 is 23.2 Å². The van der Waals surface area contributed by atoms with E-state index in [0.717, 1.165) is 0 Å². The maximum Gasteiger partial charge on any atom is 0.242 e. The molecular weight excluding hydrogens is 333 g/mol. The van der Waals surface area contributed by atoms with Crippen LogP contribution in [-0.4, -0.2) is 20.1 Å². The minimum atomic E-state index is -3.90. The number of aliphatic hydroxyl groups excluding tert-OH is 1. The summed E-state index contributed by atoms with van der Waals surface area (Å²) in [5.41, 5.74) is 0.654. The molecule has 0 spiro atoms. The van der Waals surface area contributed by atoms with E-state index in [1.165, 1.54) is 18.2 Å². The average Bonchev–Trinajstić information content (AvgIpc) is 2.48. The van der Waals surface area contributed by atoms with Gasteiger partial charge in [0.1, 0.15) is 4.90 Å². The van der Waals surface area contributed by atoms with Crippen LogP contribution in [0.25, 0.3) is 0 Å². The normalized spacial score (nSPS) is 13.1. The largest absolute Gasteiger partial charge is 0.394 e. The maximum atomic E-state index is 12.4. The molecule has 1 atom stereocenters. The van der Waals surface area contributed by atoms with Crippen LogP contribution in [0, 0.1) is 0 Å². The van der Waals surface area contributed by atoms with Gasteiger partial charge < -0.3 is 5.11 Å². The van der Waals surface area contributed by atoms with Gasteiger partial charge in [0.05, 0.1) is 17.7 Å². The molecule has 0 aliphatic carbocycles. The third-order valence-corrected chi connectivity index (χ3v) is 5.05. The van der Waals surface area contributed by atoms with Gasteiger partial charge in [-0.2, -0.15) is 0 Å². The van der Waals surface area contributed by atoms with Crippen LogP contribution in [0.2, 0.25) is 10.0 Å². The second-order valence-electron chi connectivity index (χ2n) is 4.34.